The number of allylic oxidation sites excluding steroid dienone is 8. The summed E-state index contributed by atoms with van der Waals surface area (Å²) in [6.07, 6.45) is 49.7. The quantitative estimate of drug-likeness (QED) is 0.0380. The van der Waals surface area contributed by atoms with E-state index < -0.39 is 22.0 Å². The molecule has 2 saturated heterocycles. The first-order valence-electron chi connectivity index (χ1n) is 21.3. The van der Waals surface area contributed by atoms with Gasteiger partial charge in [0.05, 0.1) is 19.0 Å². The summed E-state index contributed by atoms with van der Waals surface area (Å²) in [5.74, 6) is -0.610. The number of ether oxygens (including phenoxy) is 3. The van der Waals surface area contributed by atoms with Crippen molar-refractivity contribution >= 4 is 10.1 Å². The standard InChI is InChI=1S/C44H78O6S/c1-5-7-9-11-13-15-17-19-21-23-25-27-29-31-33-35-37-44(49-42-40(3)48-41(43(42)50-44)39-47-51(4,45)46)38-36-34-32-30-28-26-24-22-20-18-16-14-12-10-8-6-2/h13-16,19-22,40-43H,5-12,17-18,23-39H2,1-4H3/b15-13-,16-14-,21-19-,22-20-/t40-,41+,42-,43+/m0/s1. The average molecular weight is 735 g/mol. The predicted molar refractivity (Wildman–Crippen MR) is 216 cm³/mol. The molecule has 2 aliphatic rings. The largest absolute Gasteiger partial charge is 0.367 e. The summed E-state index contributed by atoms with van der Waals surface area (Å²) in [7, 11) is -3.55. The van der Waals surface area contributed by atoms with Crippen LogP contribution in [-0.4, -0.2) is 51.5 Å². The smallest absolute Gasteiger partial charge is 0.264 e. The van der Waals surface area contributed by atoms with Crippen LogP contribution in [0.5, 0.6) is 0 Å². The van der Waals surface area contributed by atoms with Gasteiger partial charge in [-0.1, -0.05) is 140 Å². The molecule has 0 aromatic heterocycles. The molecule has 0 unspecified atom stereocenters. The molecule has 7 heteroatoms. The molecule has 0 saturated carbocycles. The molecular formula is C44H78O6S. The Labute approximate surface area is 315 Å². The summed E-state index contributed by atoms with van der Waals surface area (Å²) >= 11 is 0. The first-order valence-corrected chi connectivity index (χ1v) is 23.1. The third-order valence-corrected chi connectivity index (χ3v) is 10.8. The Balaban J connectivity index is 1.68. The van der Waals surface area contributed by atoms with Gasteiger partial charge in [0, 0.05) is 12.8 Å². The van der Waals surface area contributed by atoms with Gasteiger partial charge < -0.3 is 14.2 Å². The van der Waals surface area contributed by atoms with Crippen LogP contribution in [0.3, 0.4) is 0 Å². The monoisotopic (exact) mass is 735 g/mol. The average Bonchev–Trinajstić information content (AvgIpc) is 3.62. The summed E-state index contributed by atoms with van der Waals surface area (Å²) in [5, 5.41) is 0. The van der Waals surface area contributed by atoms with Crippen LogP contribution in [0.2, 0.25) is 0 Å². The van der Waals surface area contributed by atoms with E-state index in [-0.39, 0.29) is 24.9 Å². The van der Waals surface area contributed by atoms with E-state index in [0.29, 0.717) is 0 Å². The van der Waals surface area contributed by atoms with Crippen molar-refractivity contribution in [3.8, 4) is 0 Å². The molecule has 0 bridgehead atoms. The molecule has 2 rings (SSSR count). The molecule has 296 valence electrons. The third kappa shape index (κ3) is 22.5. The van der Waals surface area contributed by atoms with Gasteiger partial charge in [-0.15, -0.1) is 0 Å². The number of unbranched alkanes of at least 4 members (excludes halogenated alkanes) is 18. The number of fused-ring (bicyclic) bond motifs is 1. The zero-order chi connectivity index (χ0) is 36.9. The predicted octanol–water partition coefficient (Wildman–Crippen LogP) is 12.6. The number of rotatable bonds is 33. The lowest BCUT2D eigenvalue weighted by atomic mass is 9.98. The van der Waals surface area contributed by atoms with Crippen molar-refractivity contribution in [2.75, 3.05) is 12.9 Å². The molecule has 0 aliphatic carbocycles. The van der Waals surface area contributed by atoms with Crippen LogP contribution >= 0.6 is 0 Å². The first kappa shape index (κ1) is 45.9. The van der Waals surface area contributed by atoms with Crippen LogP contribution in [0.25, 0.3) is 0 Å². The lowest BCUT2D eigenvalue weighted by molar-refractivity contribution is -0.218. The van der Waals surface area contributed by atoms with E-state index in [0.717, 1.165) is 44.8 Å². The summed E-state index contributed by atoms with van der Waals surface area (Å²) in [6.45, 7) is 6.48. The zero-order valence-electron chi connectivity index (χ0n) is 33.4. The molecule has 0 aromatic rings. The Morgan fingerprint density at radius 3 is 1.37 bits per heavy atom. The fraction of sp³-hybridized carbons (Fsp3) is 0.818. The van der Waals surface area contributed by atoms with Gasteiger partial charge >= 0.3 is 0 Å². The second-order valence-corrected chi connectivity index (χ2v) is 16.8. The van der Waals surface area contributed by atoms with E-state index in [1.807, 2.05) is 6.92 Å². The van der Waals surface area contributed by atoms with Gasteiger partial charge in [0.25, 0.3) is 10.1 Å². The Hall–Kier alpha value is -1.25. The van der Waals surface area contributed by atoms with Crippen molar-refractivity contribution in [1.82, 2.24) is 0 Å². The SMILES string of the molecule is CCCCC/C=C\C/C=C\CCCCCCCCC1(CCCCCCCC/C=C\C/C=C\CCCCC)O[C@@H]2[C@H](O1)[C@@H](COS(C)(=O)=O)O[C@H]2C. The van der Waals surface area contributed by atoms with Crippen molar-refractivity contribution < 1.29 is 26.8 Å². The fourth-order valence-corrected chi connectivity index (χ4v) is 7.57. The van der Waals surface area contributed by atoms with Crippen LogP contribution < -0.4 is 0 Å². The Kier molecular flexibility index (Phi) is 26.2. The summed E-state index contributed by atoms with van der Waals surface area (Å²) in [4.78, 5) is 0. The lowest BCUT2D eigenvalue weighted by Crippen LogP contribution is -2.36. The second kappa shape index (κ2) is 29.2. The van der Waals surface area contributed by atoms with E-state index in [2.05, 4.69) is 62.5 Å². The molecule has 51 heavy (non-hydrogen) atoms. The van der Waals surface area contributed by atoms with Gasteiger partial charge in [-0.05, 0) is 84.0 Å². The molecule has 4 atom stereocenters. The van der Waals surface area contributed by atoms with Crippen molar-refractivity contribution in [2.24, 2.45) is 0 Å². The molecular weight excluding hydrogens is 657 g/mol. The maximum absolute atomic E-state index is 11.7. The van der Waals surface area contributed by atoms with Crippen LogP contribution in [0.15, 0.2) is 48.6 Å². The van der Waals surface area contributed by atoms with Gasteiger partial charge in [-0.25, -0.2) is 0 Å². The highest BCUT2D eigenvalue weighted by molar-refractivity contribution is 7.85. The molecule has 0 N–H and O–H groups in total. The molecule has 2 aliphatic heterocycles. The van der Waals surface area contributed by atoms with E-state index in [1.165, 1.54) is 128 Å². The maximum atomic E-state index is 11.7. The molecule has 2 fully saturated rings. The summed E-state index contributed by atoms with van der Waals surface area (Å²) < 4.78 is 48.0. The highest BCUT2D eigenvalue weighted by Crippen LogP contribution is 2.44. The van der Waals surface area contributed by atoms with Crippen molar-refractivity contribution in [3.05, 3.63) is 48.6 Å². The minimum Gasteiger partial charge on any atom is -0.367 e. The Morgan fingerprint density at radius 1 is 0.549 bits per heavy atom. The van der Waals surface area contributed by atoms with Gasteiger partial charge in [0.2, 0.25) is 0 Å². The summed E-state index contributed by atoms with van der Waals surface area (Å²) in [5.41, 5.74) is 0. The highest BCUT2D eigenvalue weighted by Gasteiger charge is 2.56. The van der Waals surface area contributed by atoms with Crippen molar-refractivity contribution in [3.63, 3.8) is 0 Å². The van der Waals surface area contributed by atoms with Gasteiger partial charge in [0.1, 0.15) is 18.3 Å². The molecule has 6 nitrogen and oxygen atoms in total. The molecule has 0 spiro atoms. The second-order valence-electron chi connectivity index (χ2n) is 15.1. The lowest BCUT2D eigenvalue weighted by Gasteiger charge is -2.31. The molecule has 0 radical (unpaired) electrons. The van der Waals surface area contributed by atoms with Crippen LogP contribution in [-0.2, 0) is 28.5 Å². The molecule has 2 heterocycles. The first-order chi connectivity index (χ1) is 24.8. The zero-order valence-corrected chi connectivity index (χ0v) is 34.2. The third-order valence-electron chi connectivity index (χ3n) is 10.2. The van der Waals surface area contributed by atoms with E-state index in [4.69, 9.17) is 18.4 Å². The van der Waals surface area contributed by atoms with E-state index in [9.17, 15) is 8.42 Å². The van der Waals surface area contributed by atoms with E-state index in [1.54, 1.807) is 0 Å². The topological polar surface area (TPSA) is 71.1 Å². The fourth-order valence-electron chi connectivity index (χ4n) is 7.19. The van der Waals surface area contributed by atoms with Crippen molar-refractivity contribution in [1.29, 1.82) is 0 Å². The van der Waals surface area contributed by atoms with Crippen molar-refractivity contribution in [2.45, 2.75) is 218 Å². The van der Waals surface area contributed by atoms with Crippen LogP contribution in [0, 0.1) is 0 Å². The summed E-state index contributed by atoms with van der Waals surface area (Å²) in [6, 6.07) is 0. The van der Waals surface area contributed by atoms with Gasteiger partial charge in [0.15, 0.2) is 5.79 Å². The maximum Gasteiger partial charge on any atom is 0.264 e. The normalized spacial score (nSPS) is 22.1. The van der Waals surface area contributed by atoms with Gasteiger partial charge in [-0.2, -0.15) is 8.42 Å². The highest BCUT2D eigenvalue weighted by atomic mass is 32.2. The van der Waals surface area contributed by atoms with Gasteiger partial charge in [-0.3, -0.25) is 4.18 Å². The van der Waals surface area contributed by atoms with Crippen LogP contribution in [0.4, 0.5) is 0 Å². The molecule has 0 aromatic carbocycles. The number of hydrogen-bond donors (Lipinski definition) is 0. The molecule has 0 amide bonds. The Bertz CT molecular complexity index is 1020. The number of hydrogen-bond acceptors (Lipinski definition) is 6. The minimum absolute atomic E-state index is 0.0281. The minimum atomic E-state index is -3.55. The Morgan fingerprint density at radius 2 is 0.941 bits per heavy atom. The van der Waals surface area contributed by atoms with Crippen LogP contribution in [0.1, 0.15) is 188 Å². The van der Waals surface area contributed by atoms with E-state index >= 15 is 0 Å².